The van der Waals surface area contributed by atoms with Crippen LogP contribution in [0.5, 0.6) is 11.5 Å². The van der Waals surface area contributed by atoms with Crippen LogP contribution in [0.4, 0.5) is 5.69 Å². The number of benzene rings is 2. The number of nitrogens with zero attached hydrogens (tertiary/aromatic N) is 1. The second-order valence-electron chi connectivity index (χ2n) is 8.55. The molecule has 1 amide bonds. The fraction of sp³-hybridized carbons (Fsp3) is 0.458. The molecule has 3 rings (SSSR count). The Kier molecular flexibility index (Phi) is 6.36. The number of carbonyl (C=O) groups is 1. The molecule has 0 radical (unpaired) electrons. The van der Waals surface area contributed by atoms with Gasteiger partial charge in [-0.3, -0.25) is 4.79 Å². The normalized spacial score (nSPS) is 13.6. The van der Waals surface area contributed by atoms with Crippen molar-refractivity contribution in [3.05, 3.63) is 53.1 Å². The van der Waals surface area contributed by atoms with Crippen molar-refractivity contribution in [2.24, 2.45) is 0 Å². The molecule has 0 aliphatic carbocycles. The minimum Gasteiger partial charge on any atom is -0.493 e. The summed E-state index contributed by atoms with van der Waals surface area (Å²) in [5.74, 6) is 1.62. The molecule has 0 saturated heterocycles. The van der Waals surface area contributed by atoms with Gasteiger partial charge < -0.3 is 19.7 Å². The average molecular weight is 397 g/mol. The van der Waals surface area contributed by atoms with E-state index in [1.807, 2.05) is 17.0 Å². The minimum atomic E-state index is 0.145. The summed E-state index contributed by atoms with van der Waals surface area (Å²) in [6, 6.07) is 12.5. The van der Waals surface area contributed by atoms with Crippen LogP contribution in [-0.4, -0.2) is 38.1 Å². The summed E-state index contributed by atoms with van der Waals surface area (Å²) in [6.07, 6.45) is 1.31. The number of ether oxygens (including phenoxy) is 2. The van der Waals surface area contributed by atoms with Gasteiger partial charge >= 0.3 is 0 Å². The van der Waals surface area contributed by atoms with Crippen molar-refractivity contribution in [3.8, 4) is 11.5 Å². The van der Waals surface area contributed by atoms with Crippen molar-refractivity contribution in [1.29, 1.82) is 0 Å². The maximum Gasteiger partial charge on any atom is 0.224 e. The van der Waals surface area contributed by atoms with Gasteiger partial charge in [-0.1, -0.05) is 32.9 Å². The Morgan fingerprint density at radius 3 is 2.24 bits per heavy atom. The highest BCUT2D eigenvalue weighted by molar-refractivity contribution is 5.77. The van der Waals surface area contributed by atoms with Crippen molar-refractivity contribution < 1.29 is 14.3 Å². The van der Waals surface area contributed by atoms with E-state index in [1.54, 1.807) is 14.2 Å². The van der Waals surface area contributed by atoms with Crippen molar-refractivity contribution in [2.75, 3.05) is 32.6 Å². The van der Waals surface area contributed by atoms with Crippen LogP contribution in [0.2, 0.25) is 0 Å². The van der Waals surface area contributed by atoms with E-state index in [1.165, 1.54) is 11.1 Å². The molecule has 2 aromatic carbocycles. The molecular formula is C24H32N2O3. The van der Waals surface area contributed by atoms with Gasteiger partial charge in [0.05, 0.1) is 14.2 Å². The number of hydrogen-bond donors (Lipinski definition) is 1. The summed E-state index contributed by atoms with van der Waals surface area (Å²) in [4.78, 5) is 14.6. The first-order chi connectivity index (χ1) is 13.8. The van der Waals surface area contributed by atoms with Crippen molar-refractivity contribution in [1.82, 2.24) is 4.90 Å². The van der Waals surface area contributed by atoms with Gasteiger partial charge in [0.1, 0.15) is 0 Å². The summed E-state index contributed by atoms with van der Waals surface area (Å²) in [5, 5.41) is 3.36. The molecule has 0 fully saturated rings. The van der Waals surface area contributed by atoms with E-state index in [0.29, 0.717) is 25.3 Å². The van der Waals surface area contributed by atoms with Crippen molar-refractivity contribution >= 4 is 11.6 Å². The summed E-state index contributed by atoms with van der Waals surface area (Å²) in [5.41, 5.74) is 4.85. The summed E-state index contributed by atoms with van der Waals surface area (Å²) in [6.45, 7) is 8.60. The lowest BCUT2D eigenvalue weighted by molar-refractivity contribution is -0.131. The maximum atomic E-state index is 12.7. The van der Waals surface area contributed by atoms with E-state index >= 15 is 0 Å². The molecule has 0 bridgehead atoms. The molecule has 1 aliphatic rings. The summed E-state index contributed by atoms with van der Waals surface area (Å²) < 4.78 is 10.8. The zero-order chi connectivity index (χ0) is 21.0. The number of amides is 1. The van der Waals surface area contributed by atoms with E-state index < -0.39 is 0 Å². The Labute approximate surface area is 174 Å². The van der Waals surface area contributed by atoms with Crippen LogP contribution in [0.25, 0.3) is 0 Å². The van der Waals surface area contributed by atoms with Crippen LogP contribution in [-0.2, 0) is 23.2 Å². The SMILES string of the molecule is COc1cc2c(cc1OC)CN(C(=O)CCNc1ccc(C(C)(C)C)cc1)CC2. The topological polar surface area (TPSA) is 50.8 Å². The Hall–Kier alpha value is -2.69. The number of carbonyl (C=O) groups excluding carboxylic acids is 1. The number of anilines is 1. The number of fused-ring (bicyclic) bond motifs is 1. The predicted octanol–water partition coefficient (Wildman–Crippen LogP) is 4.39. The molecule has 29 heavy (non-hydrogen) atoms. The molecule has 1 heterocycles. The Balaban J connectivity index is 1.54. The van der Waals surface area contributed by atoms with Crippen LogP contribution < -0.4 is 14.8 Å². The van der Waals surface area contributed by atoms with Crippen LogP contribution in [0.3, 0.4) is 0 Å². The lowest BCUT2D eigenvalue weighted by atomic mass is 9.87. The first kappa shape index (κ1) is 21.0. The molecule has 5 heteroatoms. The van der Waals surface area contributed by atoms with Crippen LogP contribution in [0, 0.1) is 0 Å². The fourth-order valence-corrected chi connectivity index (χ4v) is 3.66. The van der Waals surface area contributed by atoms with E-state index in [2.05, 4.69) is 50.4 Å². The monoisotopic (exact) mass is 396 g/mol. The van der Waals surface area contributed by atoms with Gasteiger partial charge in [-0.05, 0) is 52.8 Å². The molecule has 0 unspecified atom stereocenters. The van der Waals surface area contributed by atoms with Crippen LogP contribution in [0.1, 0.15) is 43.9 Å². The van der Waals surface area contributed by atoms with Gasteiger partial charge in [-0.2, -0.15) is 0 Å². The zero-order valence-corrected chi connectivity index (χ0v) is 18.2. The third-order valence-corrected chi connectivity index (χ3v) is 5.49. The van der Waals surface area contributed by atoms with Gasteiger partial charge in [0.2, 0.25) is 5.91 Å². The average Bonchev–Trinajstić information content (AvgIpc) is 2.71. The van der Waals surface area contributed by atoms with Gasteiger partial charge in [0.25, 0.3) is 0 Å². The zero-order valence-electron chi connectivity index (χ0n) is 18.2. The van der Waals surface area contributed by atoms with Gasteiger partial charge in [-0.15, -0.1) is 0 Å². The largest absolute Gasteiger partial charge is 0.493 e. The van der Waals surface area contributed by atoms with E-state index in [0.717, 1.165) is 30.0 Å². The predicted molar refractivity (Wildman–Crippen MR) is 117 cm³/mol. The molecule has 1 aliphatic heterocycles. The molecule has 0 atom stereocenters. The maximum absolute atomic E-state index is 12.7. The first-order valence-electron chi connectivity index (χ1n) is 10.2. The number of rotatable bonds is 6. The second-order valence-corrected chi connectivity index (χ2v) is 8.55. The third kappa shape index (κ3) is 5.03. The summed E-state index contributed by atoms with van der Waals surface area (Å²) in [7, 11) is 3.28. The van der Waals surface area contributed by atoms with Crippen molar-refractivity contribution in [3.63, 3.8) is 0 Å². The van der Waals surface area contributed by atoms with E-state index in [-0.39, 0.29) is 11.3 Å². The molecule has 1 N–H and O–H groups in total. The molecule has 156 valence electrons. The van der Waals surface area contributed by atoms with Gasteiger partial charge in [0.15, 0.2) is 11.5 Å². The molecular weight excluding hydrogens is 364 g/mol. The fourth-order valence-electron chi connectivity index (χ4n) is 3.66. The van der Waals surface area contributed by atoms with Gasteiger partial charge in [-0.25, -0.2) is 0 Å². The lowest BCUT2D eigenvalue weighted by Gasteiger charge is -2.30. The summed E-state index contributed by atoms with van der Waals surface area (Å²) >= 11 is 0. The highest BCUT2D eigenvalue weighted by Crippen LogP contribution is 2.33. The quantitative estimate of drug-likeness (QED) is 0.787. The van der Waals surface area contributed by atoms with Gasteiger partial charge in [0, 0.05) is 31.7 Å². The minimum absolute atomic E-state index is 0.145. The second kappa shape index (κ2) is 8.76. The Morgan fingerprint density at radius 2 is 1.66 bits per heavy atom. The molecule has 0 aromatic heterocycles. The molecule has 0 spiro atoms. The number of nitrogens with one attached hydrogen (secondary N) is 1. The van der Waals surface area contributed by atoms with E-state index in [9.17, 15) is 4.79 Å². The highest BCUT2D eigenvalue weighted by Gasteiger charge is 2.22. The lowest BCUT2D eigenvalue weighted by Crippen LogP contribution is -2.36. The number of methoxy groups -OCH3 is 2. The molecule has 0 saturated carbocycles. The first-order valence-corrected chi connectivity index (χ1v) is 10.2. The van der Waals surface area contributed by atoms with E-state index in [4.69, 9.17) is 9.47 Å². The molecule has 5 nitrogen and oxygen atoms in total. The standard InChI is InChI=1S/C24H32N2O3/c1-24(2,3)19-6-8-20(9-7-19)25-12-10-23(27)26-13-11-17-14-21(28-4)22(29-5)15-18(17)16-26/h6-9,14-15,25H,10-13,16H2,1-5H3. The van der Waals surface area contributed by atoms with Crippen LogP contribution in [0.15, 0.2) is 36.4 Å². The number of hydrogen-bond acceptors (Lipinski definition) is 4. The smallest absolute Gasteiger partial charge is 0.224 e. The third-order valence-electron chi connectivity index (χ3n) is 5.49. The van der Waals surface area contributed by atoms with Crippen molar-refractivity contribution in [2.45, 2.75) is 45.6 Å². The molecule has 2 aromatic rings. The Morgan fingerprint density at radius 1 is 1.03 bits per heavy atom. The Bertz CT molecular complexity index is 854. The van der Waals surface area contributed by atoms with Crippen LogP contribution >= 0.6 is 0 Å². The highest BCUT2D eigenvalue weighted by atomic mass is 16.5.